The average molecular weight is 263 g/mol. The Balaban J connectivity index is 2.24. The maximum Gasteiger partial charge on any atom is 0.329 e. The zero-order valence-electron chi connectivity index (χ0n) is 10.3. The number of fused-ring (bicyclic) bond motifs is 1. The smallest absolute Gasteiger partial charge is 0.315 e. The molecule has 3 rings (SSSR count). The van der Waals surface area contributed by atoms with E-state index in [1.165, 1.54) is 22.8 Å². The lowest BCUT2D eigenvalue weighted by Crippen LogP contribution is -2.43. The standard InChI is InChI=1S/C13H14FN3O2/c14-8-3-4-11-10(6-8)12(18)17(13(19)16-11)9-2-1-5-15-7-9/h3-4,6,9,15H,1-2,5,7H2,(H,16,19)/t9-/m0/s1. The van der Waals surface area contributed by atoms with E-state index in [0.29, 0.717) is 12.1 Å². The van der Waals surface area contributed by atoms with Gasteiger partial charge >= 0.3 is 5.69 Å². The number of piperidine rings is 1. The molecule has 0 spiro atoms. The number of H-pyrrole nitrogens is 1. The number of hydrogen-bond acceptors (Lipinski definition) is 3. The quantitative estimate of drug-likeness (QED) is 0.798. The maximum atomic E-state index is 13.2. The highest BCUT2D eigenvalue weighted by Gasteiger charge is 2.19. The van der Waals surface area contributed by atoms with E-state index < -0.39 is 17.1 Å². The van der Waals surface area contributed by atoms with Crippen molar-refractivity contribution in [1.29, 1.82) is 0 Å². The van der Waals surface area contributed by atoms with Gasteiger partial charge in [-0.2, -0.15) is 0 Å². The van der Waals surface area contributed by atoms with Crippen LogP contribution in [0.1, 0.15) is 18.9 Å². The molecule has 0 radical (unpaired) electrons. The molecule has 0 bridgehead atoms. The molecule has 0 aliphatic carbocycles. The molecule has 6 heteroatoms. The average Bonchev–Trinajstić information content (AvgIpc) is 2.41. The molecule has 0 saturated carbocycles. The van der Waals surface area contributed by atoms with Gasteiger partial charge in [-0.25, -0.2) is 9.18 Å². The van der Waals surface area contributed by atoms with Crippen molar-refractivity contribution < 1.29 is 4.39 Å². The maximum absolute atomic E-state index is 13.2. The second-order valence-electron chi connectivity index (χ2n) is 4.80. The summed E-state index contributed by atoms with van der Waals surface area (Å²) in [6, 6.07) is 3.64. The van der Waals surface area contributed by atoms with Crippen LogP contribution in [0.4, 0.5) is 4.39 Å². The molecule has 1 atom stereocenters. The third-order valence-corrected chi connectivity index (χ3v) is 3.53. The highest BCUT2D eigenvalue weighted by Crippen LogP contribution is 2.14. The van der Waals surface area contributed by atoms with E-state index >= 15 is 0 Å². The van der Waals surface area contributed by atoms with Gasteiger partial charge in [0.2, 0.25) is 0 Å². The number of rotatable bonds is 1. The van der Waals surface area contributed by atoms with Crippen LogP contribution in [0.2, 0.25) is 0 Å². The predicted octanol–water partition coefficient (Wildman–Crippen LogP) is 0.753. The Kier molecular flexibility index (Phi) is 2.94. The third kappa shape index (κ3) is 2.08. The lowest BCUT2D eigenvalue weighted by molar-refractivity contribution is 0.355. The summed E-state index contributed by atoms with van der Waals surface area (Å²) in [5, 5.41) is 3.37. The molecule has 2 aromatic rings. The molecule has 0 amide bonds. The minimum absolute atomic E-state index is 0.169. The molecule has 2 heterocycles. The summed E-state index contributed by atoms with van der Waals surface area (Å²) in [5.41, 5.74) is -0.485. The first kappa shape index (κ1) is 12.1. The SMILES string of the molecule is O=c1[nH]c2ccc(F)cc2c(=O)n1[C@H]1CCCNC1. The molecule has 19 heavy (non-hydrogen) atoms. The second kappa shape index (κ2) is 4.62. The summed E-state index contributed by atoms with van der Waals surface area (Å²) in [4.78, 5) is 27.0. The molecule has 5 nitrogen and oxygen atoms in total. The van der Waals surface area contributed by atoms with Crippen LogP contribution in [-0.2, 0) is 0 Å². The van der Waals surface area contributed by atoms with Crippen molar-refractivity contribution in [2.24, 2.45) is 0 Å². The Morgan fingerprint density at radius 3 is 2.89 bits per heavy atom. The topological polar surface area (TPSA) is 66.9 Å². The van der Waals surface area contributed by atoms with Crippen molar-refractivity contribution in [1.82, 2.24) is 14.9 Å². The van der Waals surface area contributed by atoms with E-state index in [1.54, 1.807) is 0 Å². The van der Waals surface area contributed by atoms with Crippen LogP contribution in [0.25, 0.3) is 10.9 Å². The second-order valence-corrected chi connectivity index (χ2v) is 4.80. The van der Waals surface area contributed by atoms with Crippen molar-refractivity contribution in [2.45, 2.75) is 18.9 Å². The number of hydrogen-bond donors (Lipinski definition) is 2. The van der Waals surface area contributed by atoms with Crippen molar-refractivity contribution in [3.63, 3.8) is 0 Å². The molecule has 2 N–H and O–H groups in total. The Labute approximate surface area is 108 Å². The summed E-state index contributed by atoms with van der Waals surface area (Å²) in [6.45, 7) is 1.48. The summed E-state index contributed by atoms with van der Waals surface area (Å²) >= 11 is 0. The van der Waals surface area contributed by atoms with Gasteiger partial charge in [0, 0.05) is 6.54 Å². The molecular weight excluding hydrogens is 249 g/mol. The number of nitrogens with zero attached hydrogens (tertiary/aromatic N) is 1. The van der Waals surface area contributed by atoms with Gasteiger partial charge in [0.05, 0.1) is 16.9 Å². The first-order chi connectivity index (χ1) is 9.16. The number of aromatic nitrogens is 2. The monoisotopic (exact) mass is 263 g/mol. The number of nitrogens with one attached hydrogen (secondary N) is 2. The number of halogens is 1. The third-order valence-electron chi connectivity index (χ3n) is 3.53. The number of aromatic amines is 1. The molecule has 1 aromatic heterocycles. The van der Waals surface area contributed by atoms with Crippen molar-refractivity contribution >= 4 is 10.9 Å². The Morgan fingerprint density at radius 2 is 2.16 bits per heavy atom. The minimum atomic E-state index is -0.482. The molecule has 1 aliphatic heterocycles. The Bertz CT molecular complexity index is 729. The van der Waals surface area contributed by atoms with E-state index in [0.717, 1.165) is 19.4 Å². The molecule has 1 fully saturated rings. The Morgan fingerprint density at radius 1 is 1.32 bits per heavy atom. The molecule has 1 aromatic carbocycles. The van der Waals surface area contributed by atoms with Crippen LogP contribution in [0, 0.1) is 5.82 Å². The van der Waals surface area contributed by atoms with E-state index in [2.05, 4.69) is 10.3 Å². The minimum Gasteiger partial charge on any atom is -0.315 e. The number of benzene rings is 1. The molecule has 0 unspecified atom stereocenters. The largest absolute Gasteiger partial charge is 0.329 e. The van der Waals surface area contributed by atoms with E-state index in [-0.39, 0.29) is 11.4 Å². The fourth-order valence-electron chi connectivity index (χ4n) is 2.59. The molecule has 1 aliphatic rings. The summed E-state index contributed by atoms with van der Waals surface area (Å²) < 4.78 is 14.4. The lowest BCUT2D eigenvalue weighted by atomic mass is 10.1. The lowest BCUT2D eigenvalue weighted by Gasteiger charge is -2.24. The van der Waals surface area contributed by atoms with Crippen LogP contribution in [0.5, 0.6) is 0 Å². The predicted molar refractivity (Wildman–Crippen MR) is 69.9 cm³/mol. The first-order valence-corrected chi connectivity index (χ1v) is 6.31. The van der Waals surface area contributed by atoms with Gasteiger partial charge < -0.3 is 10.3 Å². The normalized spacial score (nSPS) is 19.7. The zero-order valence-corrected chi connectivity index (χ0v) is 10.3. The van der Waals surface area contributed by atoms with Gasteiger partial charge in [-0.05, 0) is 37.6 Å². The summed E-state index contributed by atoms with van der Waals surface area (Å²) in [5.74, 6) is -0.482. The van der Waals surface area contributed by atoms with E-state index in [9.17, 15) is 14.0 Å². The molecular formula is C13H14FN3O2. The van der Waals surface area contributed by atoms with Crippen LogP contribution in [0.3, 0.4) is 0 Å². The zero-order chi connectivity index (χ0) is 13.4. The Hall–Kier alpha value is -1.95. The molecule has 1 saturated heterocycles. The highest BCUT2D eigenvalue weighted by molar-refractivity contribution is 5.77. The van der Waals surface area contributed by atoms with Crippen molar-refractivity contribution in [2.75, 3.05) is 13.1 Å². The molecule has 100 valence electrons. The van der Waals surface area contributed by atoms with Crippen molar-refractivity contribution in [3.05, 3.63) is 44.9 Å². The fraction of sp³-hybridized carbons (Fsp3) is 0.385. The first-order valence-electron chi connectivity index (χ1n) is 6.31. The van der Waals surface area contributed by atoms with Gasteiger partial charge in [-0.3, -0.25) is 9.36 Å². The highest BCUT2D eigenvalue weighted by atomic mass is 19.1. The van der Waals surface area contributed by atoms with Crippen LogP contribution in [0.15, 0.2) is 27.8 Å². The van der Waals surface area contributed by atoms with Crippen LogP contribution < -0.4 is 16.6 Å². The van der Waals surface area contributed by atoms with Gasteiger partial charge in [-0.1, -0.05) is 0 Å². The van der Waals surface area contributed by atoms with E-state index in [1.807, 2.05) is 0 Å². The van der Waals surface area contributed by atoms with Crippen LogP contribution >= 0.6 is 0 Å². The van der Waals surface area contributed by atoms with Gasteiger partial charge in [0.1, 0.15) is 5.82 Å². The van der Waals surface area contributed by atoms with Gasteiger partial charge in [-0.15, -0.1) is 0 Å². The van der Waals surface area contributed by atoms with E-state index in [4.69, 9.17) is 0 Å². The van der Waals surface area contributed by atoms with Gasteiger partial charge in [0.15, 0.2) is 0 Å². The fourth-order valence-corrected chi connectivity index (χ4v) is 2.59. The van der Waals surface area contributed by atoms with Crippen LogP contribution in [-0.4, -0.2) is 22.6 Å². The summed E-state index contributed by atoms with van der Waals surface area (Å²) in [7, 11) is 0. The van der Waals surface area contributed by atoms with Crippen molar-refractivity contribution in [3.8, 4) is 0 Å². The summed E-state index contributed by atoms with van der Waals surface area (Å²) in [6.07, 6.45) is 1.69. The van der Waals surface area contributed by atoms with Gasteiger partial charge in [0.25, 0.3) is 5.56 Å².